The van der Waals surface area contributed by atoms with Crippen LogP contribution >= 0.6 is 0 Å². The smallest absolute Gasteiger partial charge is 0.331 e. The number of aromatic nitrogens is 2. The summed E-state index contributed by atoms with van der Waals surface area (Å²) in [5.74, 6) is 0.113. The summed E-state index contributed by atoms with van der Waals surface area (Å²) in [6, 6.07) is 15.5. The van der Waals surface area contributed by atoms with E-state index in [1.54, 1.807) is 14.0 Å². The lowest BCUT2D eigenvalue weighted by Crippen LogP contribution is -2.02. The molecule has 0 atom stereocenters. The third kappa shape index (κ3) is 3.01. The second kappa shape index (κ2) is 7.00. The van der Waals surface area contributed by atoms with Gasteiger partial charge in [-0.2, -0.15) is 0 Å². The maximum atomic E-state index is 12.1. The average molecular weight is 322 g/mol. The van der Waals surface area contributed by atoms with E-state index in [0.717, 1.165) is 27.6 Å². The van der Waals surface area contributed by atoms with E-state index in [1.807, 2.05) is 48.5 Å². The molecule has 2 aromatic carbocycles. The molecule has 0 unspecified atom stereocenters. The Hall–Kier alpha value is -3.08. The molecule has 0 aliphatic carbocycles. The van der Waals surface area contributed by atoms with Gasteiger partial charge in [0.1, 0.15) is 0 Å². The Labute approximate surface area is 139 Å². The van der Waals surface area contributed by atoms with E-state index in [-0.39, 0.29) is 5.97 Å². The normalized spacial score (nSPS) is 11.5. The molecule has 0 saturated carbocycles. The van der Waals surface area contributed by atoms with Gasteiger partial charge in [0.15, 0.2) is 0 Å². The first kappa shape index (κ1) is 15.8. The number of fused-ring (bicyclic) bond motifs is 1. The molecule has 122 valence electrons. The minimum Gasteiger partial charge on any atom is -0.479 e. The van der Waals surface area contributed by atoms with Crippen LogP contribution in [-0.4, -0.2) is 29.9 Å². The standard InChI is InChI=1S/C19H18N2O3/c1-3-24-17(22)12-15(13-8-5-4-6-9-13)14-10-7-11-16-18(14)19(23-2)21-20-16/h4-12H,3H2,1-2H3,(H,20,21)/b15-12-. The van der Waals surface area contributed by atoms with E-state index in [4.69, 9.17) is 9.47 Å². The molecule has 3 aromatic rings. The number of nitrogens with zero attached hydrogens (tertiary/aromatic N) is 1. The van der Waals surface area contributed by atoms with Crippen molar-refractivity contribution in [2.75, 3.05) is 13.7 Å². The molecule has 0 radical (unpaired) electrons. The second-order valence-electron chi connectivity index (χ2n) is 5.14. The van der Waals surface area contributed by atoms with Crippen molar-refractivity contribution in [3.8, 4) is 5.88 Å². The van der Waals surface area contributed by atoms with Crippen molar-refractivity contribution < 1.29 is 14.3 Å². The van der Waals surface area contributed by atoms with Gasteiger partial charge in [0.25, 0.3) is 0 Å². The molecule has 0 fully saturated rings. The summed E-state index contributed by atoms with van der Waals surface area (Å²) in [6.07, 6.45) is 1.51. The maximum absolute atomic E-state index is 12.1. The van der Waals surface area contributed by atoms with Gasteiger partial charge in [-0.05, 0) is 29.7 Å². The van der Waals surface area contributed by atoms with Gasteiger partial charge in [0.05, 0.1) is 24.6 Å². The van der Waals surface area contributed by atoms with Gasteiger partial charge >= 0.3 is 5.97 Å². The summed E-state index contributed by atoms with van der Waals surface area (Å²) in [5, 5.41) is 7.95. The summed E-state index contributed by atoms with van der Waals surface area (Å²) >= 11 is 0. The average Bonchev–Trinajstić information content (AvgIpc) is 3.04. The fourth-order valence-electron chi connectivity index (χ4n) is 2.65. The number of rotatable bonds is 5. The molecule has 0 aliphatic rings. The van der Waals surface area contributed by atoms with Crippen molar-refractivity contribution in [3.05, 3.63) is 65.7 Å². The molecule has 0 aliphatic heterocycles. The van der Waals surface area contributed by atoms with Crippen molar-refractivity contribution in [2.24, 2.45) is 0 Å². The number of benzene rings is 2. The molecule has 0 bridgehead atoms. The van der Waals surface area contributed by atoms with Crippen LogP contribution in [0.3, 0.4) is 0 Å². The Bertz CT molecular complexity index is 882. The quantitative estimate of drug-likeness (QED) is 0.576. The van der Waals surface area contributed by atoms with Crippen LogP contribution in [0.4, 0.5) is 0 Å². The third-order valence-corrected chi connectivity index (χ3v) is 3.67. The Morgan fingerprint density at radius 1 is 1.17 bits per heavy atom. The fraction of sp³-hybridized carbons (Fsp3) is 0.158. The van der Waals surface area contributed by atoms with Gasteiger partial charge in [0, 0.05) is 6.08 Å². The highest BCUT2D eigenvalue weighted by Crippen LogP contribution is 2.34. The summed E-state index contributed by atoms with van der Waals surface area (Å²) in [5.41, 5.74) is 3.38. The topological polar surface area (TPSA) is 64.2 Å². The van der Waals surface area contributed by atoms with Crippen molar-refractivity contribution >= 4 is 22.4 Å². The maximum Gasteiger partial charge on any atom is 0.331 e. The Balaban J connectivity index is 2.23. The van der Waals surface area contributed by atoms with Crippen molar-refractivity contribution in [1.82, 2.24) is 10.2 Å². The Morgan fingerprint density at radius 3 is 2.67 bits per heavy atom. The molecule has 0 spiro atoms. The molecule has 1 heterocycles. The van der Waals surface area contributed by atoms with E-state index in [1.165, 1.54) is 6.08 Å². The summed E-state index contributed by atoms with van der Waals surface area (Å²) in [6.45, 7) is 2.12. The number of aromatic amines is 1. The third-order valence-electron chi connectivity index (χ3n) is 3.67. The zero-order chi connectivity index (χ0) is 16.9. The molecular weight excluding hydrogens is 304 g/mol. The van der Waals surface area contributed by atoms with E-state index in [0.29, 0.717) is 12.5 Å². The van der Waals surface area contributed by atoms with Crippen LogP contribution in [0, 0.1) is 0 Å². The van der Waals surface area contributed by atoms with E-state index in [2.05, 4.69) is 10.2 Å². The first-order valence-corrected chi connectivity index (χ1v) is 7.70. The van der Waals surface area contributed by atoms with Crippen molar-refractivity contribution in [3.63, 3.8) is 0 Å². The molecule has 24 heavy (non-hydrogen) atoms. The summed E-state index contributed by atoms with van der Waals surface area (Å²) in [7, 11) is 1.57. The number of methoxy groups -OCH3 is 1. The number of esters is 1. The molecule has 0 saturated heterocycles. The number of hydrogen-bond donors (Lipinski definition) is 1. The molecule has 1 N–H and O–H groups in total. The van der Waals surface area contributed by atoms with E-state index < -0.39 is 0 Å². The van der Waals surface area contributed by atoms with Crippen LogP contribution in [-0.2, 0) is 9.53 Å². The number of carbonyl (C=O) groups excluding carboxylic acids is 1. The minimum absolute atomic E-state index is 0.330. The van der Waals surface area contributed by atoms with E-state index in [9.17, 15) is 4.79 Å². The van der Waals surface area contributed by atoms with Crippen molar-refractivity contribution in [1.29, 1.82) is 0 Å². The highest BCUT2D eigenvalue weighted by atomic mass is 16.5. The van der Waals surface area contributed by atoms with Gasteiger partial charge in [-0.25, -0.2) is 4.79 Å². The van der Waals surface area contributed by atoms with Crippen LogP contribution in [0.1, 0.15) is 18.1 Å². The van der Waals surface area contributed by atoms with Gasteiger partial charge < -0.3 is 9.47 Å². The lowest BCUT2D eigenvalue weighted by atomic mass is 9.95. The molecule has 1 aromatic heterocycles. The monoisotopic (exact) mass is 322 g/mol. The predicted molar refractivity (Wildman–Crippen MR) is 92.8 cm³/mol. The van der Waals surface area contributed by atoms with Crippen LogP contribution in [0.25, 0.3) is 16.5 Å². The number of nitrogens with one attached hydrogen (secondary N) is 1. The van der Waals surface area contributed by atoms with Gasteiger partial charge in [0.2, 0.25) is 5.88 Å². The van der Waals surface area contributed by atoms with Crippen LogP contribution in [0.15, 0.2) is 54.6 Å². The first-order valence-electron chi connectivity index (χ1n) is 7.70. The Kier molecular flexibility index (Phi) is 4.61. The van der Waals surface area contributed by atoms with Gasteiger partial charge in [-0.3, -0.25) is 5.10 Å². The van der Waals surface area contributed by atoms with Gasteiger partial charge in [-0.15, -0.1) is 5.10 Å². The minimum atomic E-state index is -0.379. The molecule has 5 heteroatoms. The lowest BCUT2D eigenvalue weighted by Gasteiger charge is -2.10. The van der Waals surface area contributed by atoms with Gasteiger partial charge in [-0.1, -0.05) is 42.5 Å². The molecule has 0 amide bonds. The van der Waals surface area contributed by atoms with Crippen LogP contribution in [0.2, 0.25) is 0 Å². The van der Waals surface area contributed by atoms with Crippen molar-refractivity contribution in [2.45, 2.75) is 6.92 Å². The Morgan fingerprint density at radius 2 is 1.96 bits per heavy atom. The van der Waals surface area contributed by atoms with E-state index >= 15 is 0 Å². The molecule has 3 rings (SSSR count). The lowest BCUT2D eigenvalue weighted by molar-refractivity contribution is -0.137. The highest BCUT2D eigenvalue weighted by molar-refractivity contribution is 6.04. The molecule has 5 nitrogen and oxygen atoms in total. The largest absolute Gasteiger partial charge is 0.479 e. The predicted octanol–water partition coefficient (Wildman–Crippen LogP) is 3.57. The van der Waals surface area contributed by atoms with Crippen LogP contribution in [0.5, 0.6) is 5.88 Å². The number of ether oxygens (including phenoxy) is 2. The number of carbonyl (C=O) groups is 1. The number of H-pyrrole nitrogens is 1. The summed E-state index contributed by atoms with van der Waals surface area (Å²) in [4.78, 5) is 12.1. The SMILES string of the molecule is CCOC(=O)/C=C(/c1ccccc1)c1cccc2[nH]nc(OC)c12. The zero-order valence-corrected chi connectivity index (χ0v) is 13.6. The first-order chi connectivity index (χ1) is 11.7. The molecular formula is C19H18N2O3. The zero-order valence-electron chi connectivity index (χ0n) is 13.6. The summed E-state index contributed by atoms with van der Waals surface area (Å²) < 4.78 is 10.5. The second-order valence-corrected chi connectivity index (χ2v) is 5.14. The fourth-order valence-corrected chi connectivity index (χ4v) is 2.65. The highest BCUT2D eigenvalue weighted by Gasteiger charge is 2.16. The van der Waals surface area contributed by atoms with Crippen LogP contribution < -0.4 is 4.74 Å². The number of hydrogen-bond acceptors (Lipinski definition) is 4.